The molecule has 2 atom stereocenters. The molecule has 0 saturated heterocycles. The molecule has 3 rings (SSSR count). The number of esters is 1. The van der Waals surface area contributed by atoms with E-state index in [0.29, 0.717) is 18.8 Å². The lowest BCUT2D eigenvalue weighted by atomic mass is 9.72. The van der Waals surface area contributed by atoms with Crippen molar-refractivity contribution in [1.82, 2.24) is 4.98 Å². The molecule has 0 spiro atoms. The summed E-state index contributed by atoms with van der Waals surface area (Å²) in [6.07, 6.45) is 0.973. The van der Waals surface area contributed by atoms with Gasteiger partial charge in [-0.3, -0.25) is 4.98 Å². The van der Waals surface area contributed by atoms with Crippen LogP contribution in [0.3, 0.4) is 0 Å². The highest BCUT2D eigenvalue weighted by Crippen LogP contribution is 2.46. The molecule has 1 aromatic carbocycles. The minimum atomic E-state index is -0.835. The summed E-state index contributed by atoms with van der Waals surface area (Å²) < 4.78 is 11.2. The number of aromatic nitrogens is 1. The van der Waals surface area contributed by atoms with Gasteiger partial charge in [0.1, 0.15) is 6.10 Å². The van der Waals surface area contributed by atoms with Gasteiger partial charge in [-0.25, -0.2) is 4.79 Å². The number of hydrogen-bond acceptors (Lipinski definition) is 5. The number of hydrogen-bond donors (Lipinski definition) is 1. The van der Waals surface area contributed by atoms with E-state index in [2.05, 4.69) is 34.6 Å². The number of aliphatic hydroxyl groups excluding tert-OH is 1. The second-order valence-corrected chi connectivity index (χ2v) is 9.78. The van der Waals surface area contributed by atoms with Gasteiger partial charge in [-0.05, 0) is 68.2 Å². The summed E-state index contributed by atoms with van der Waals surface area (Å²) in [4.78, 5) is 17.1. The average molecular weight is 440 g/mol. The standard InChI is InChI=1S/C27H37NO4/c1-8-31-21-15-27(6,7)14-20-22(21)17(5)23(24(28-20)16(3)4)25(29)18-10-12-19(13-11-18)26(30)32-9-2/h10-13,16,21,25,29H,8-9,14-15H2,1-7H3/t21?,25-/m0/s1. The smallest absolute Gasteiger partial charge is 0.338 e. The SMILES string of the molecule is CCOC(=O)c1ccc([C@H](O)c2c(C(C)C)nc3c(c2C)C(OCC)CC(C)(C)C3)cc1. The molecule has 5 nitrogen and oxygen atoms in total. The maximum absolute atomic E-state index is 12.0. The van der Waals surface area contributed by atoms with Crippen molar-refractivity contribution in [3.05, 3.63) is 63.5 Å². The second-order valence-electron chi connectivity index (χ2n) is 9.78. The molecule has 1 heterocycles. The highest BCUT2D eigenvalue weighted by molar-refractivity contribution is 5.89. The van der Waals surface area contributed by atoms with Crippen molar-refractivity contribution in [3.8, 4) is 0 Å². The topological polar surface area (TPSA) is 68.7 Å². The highest BCUT2D eigenvalue weighted by atomic mass is 16.5. The number of aliphatic hydroxyl groups is 1. The molecule has 0 radical (unpaired) electrons. The second kappa shape index (κ2) is 9.72. The third-order valence-corrected chi connectivity index (χ3v) is 6.28. The van der Waals surface area contributed by atoms with Crippen LogP contribution in [0, 0.1) is 12.3 Å². The quantitative estimate of drug-likeness (QED) is 0.550. The number of ether oxygens (including phenoxy) is 2. The van der Waals surface area contributed by atoms with Gasteiger partial charge in [0, 0.05) is 29.1 Å². The fourth-order valence-electron chi connectivity index (χ4n) is 4.82. The largest absolute Gasteiger partial charge is 0.462 e. The van der Waals surface area contributed by atoms with Crippen LogP contribution in [0.2, 0.25) is 0 Å². The lowest BCUT2D eigenvalue weighted by Crippen LogP contribution is -2.30. The monoisotopic (exact) mass is 439 g/mol. The molecule has 2 aromatic rings. The summed E-state index contributed by atoms with van der Waals surface area (Å²) in [5, 5.41) is 11.5. The van der Waals surface area contributed by atoms with Crippen LogP contribution in [0.1, 0.15) is 110 Å². The van der Waals surface area contributed by atoms with Gasteiger partial charge in [0.25, 0.3) is 0 Å². The number of fused-ring (bicyclic) bond motifs is 1. The number of nitrogens with zero attached hydrogens (tertiary/aromatic N) is 1. The van der Waals surface area contributed by atoms with Crippen LogP contribution in [0.15, 0.2) is 24.3 Å². The van der Waals surface area contributed by atoms with Crippen LogP contribution < -0.4 is 0 Å². The zero-order valence-corrected chi connectivity index (χ0v) is 20.5. The van der Waals surface area contributed by atoms with Crippen molar-refractivity contribution in [2.45, 2.75) is 79.4 Å². The normalized spacial score (nSPS) is 18.3. The van der Waals surface area contributed by atoms with Gasteiger partial charge < -0.3 is 14.6 Å². The number of carbonyl (C=O) groups is 1. The van der Waals surface area contributed by atoms with Crippen molar-refractivity contribution < 1.29 is 19.4 Å². The summed E-state index contributed by atoms with van der Waals surface area (Å²) in [6, 6.07) is 7.00. The molecule has 1 unspecified atom stereocenters. The van der Waals surface area contributed by atoms with E-state index in [0.717, 1.165) is 46.5 Å². The Balaban J connectivity index is 2.09. The van der Waals surface area contributed by atoms with Crippen LogP contribution >= 0.6 is 0 Å². The van der Waals surface area contributed by atoms with Crippen LogP contribution in [-0.4, -0.2) is 29.3 Å². The van der Waals surface area contributed by atoms with Crippen molar-refractivity contribution in [3.63, 3.8) is 0 Å². The van der Waals surface area contributed by atoms with Gasteiger partial charge in [0.15, 0.2) is 0 Å². The summed E-state index contributed by atoms with van der Waals surface area (Å²) in [7, 11) is 0. The predicted octanol–water partition coefficient (Wildman–Crippen LogP) is 5.82. The number of carbonyl (C=O) groups excluding carboxylic acids is 1. The lowest BCUT2D eigenvalue weighted by molar-refractivity contribution is 0.0184. The van der Waals surface area contributed by atoms with Crippen molar-refractivity contribution in [2.75, 3.05) is 13.2 Å². The zero-order valence-electron chi connectivity index (χ0n) is 20.5. The van der Waals surface area contributed by atoms with Crippen LogP contribution in [-0.2, 0) is 15.9 Å². The molecule has 5 heteroatoms. The Morgan fingerprint density at radius 2 is 1.84 bits per heavy atom. The van der Waals surface area contributed by atoms with E-state index in [9.17, 15) is 9.90 Å². The molecule has 32 heavy (non-hydrogen) atoms. The first kappa shape index (κ1) is 24.4. The Labute approximate surface area is 192 Å². The zero-order chi connectivity index (χ0) is 23.6. The fraction of sp³-hybridized carbons (Fsp3) is 0.556. The van der Waals surface area contributed by atoms with Gasteiger partial charge in [-0.15, -0.1) is 0 Å². The van der Waals surface area contributed by atoms with E-state index >= 15 is 0 Å². The molecular weight excluding hydrogens is 402 g/mol. The molecule has 0 amide bonds. The Morgan fingerprint density at radius 1 is 1.19 bits per heavy atom. The van der Waals surface area contributed by atoms with E-state index in [1.807, 2.05) is 6.92 Å². The van der Waals surface area contributed by atoms with Crippen LogP contribution in [0.25, 0.3) is 0 Å². The third kappa shape index (κ3) is 4.89. The molecule has 1 aromatic heterocycles. The summed E-state index contributed by atoms with van der Waals surface area (Å²) >= 11 is 0. The van der Waals surface area contributed by atoms with E-state index in [4.69, 9.17) is 14.5 Å². The molecule has 1 aliphatic carbocycles. The minimum Gasteiger partial charge on any atom is -0.462 e. The molecule has 1 aliphatic rings. The van der Waals surface area contributed by atoms with Gasteiger partial charge in [0.05, 0.1) is 18.3 Å². The van der Waals surface area contributed by atoms with Crippen molar-refractivity contribution in [2.24, 2.45) is 5.41 Å². The molecule has 174 valence electrons. The van der Waals surface area contributed by atoms with E-state index in [1.54, 1.807) is 31.2 Å². The minimum absolute atomic E-state index is 0.0235. The van der Waals surface area contributed by atoms with Gasteiger partial charge in [0.2, 0.25) is 0 Å². The molecule has 0 bridgehead atoms. The Kier molecular flexibility index (Phi) is 7.41. The Bertz CT molecular complexity index is 963. The molecule has 1 N–H and O–H groups in total. The third-order valence-electron chi connectivity index (χ3n) is 6.28. The summed E-state index contributed by atoms with van der Waals surface area (Å²) in [5.74, 6) is -0.191. The molecular formula is C27H37NO4. The summed E-state index contributed by atoms with van der Waals surface area (Å²) in [5.41, 5.74) is 6.39. The van der Waals surface area contributed by atoms with E-state index in [-0.39, 0.29) is 23.4 Å². The fourth-order valence-corrected chi connectivity index (χ4v) is 4.82. The maximum Gasteiger partial charge on any atom is 0.338 e. The first-order valence-corrected chi connectivity index (χ1v) is 11.7. The number of benzene rings is 1. The Morgan fingerprint density at radius 3 is 2.41 bits per heavy atom. The van der Waals surface area contributed by atoms with Gasteiger partial charge in [-0.2, -0.15) is 0 Å². The van der Waals surface area contributed by atoms with E-state index in [1.165, 1.54) is 0 Å². The molecule has 0 saturated carbocycles. The molecule has 0 fully saturated rings. The number of rotatable bonds is 7. The number of pyridine rings is 1. The lowest BCUT2D eigenvalue weighted by Gasteiger charge is -2.38. The van der Waals surface area contributed by atoms with Crippen molar-refractivity contribution >= 4 is 5.97 Å². The average Bonchev–Trinajstić information content (AvgIpc) is 2.72. The maximum atomic E-state index is 12.0. The first-order chi connectivity index (χ1) is 15.1. The van der Waals surface area contributed by atoms with Crippen LogP contribution in [0.4, 0.5) is 0 Å². The van der Waals surface area contributed by atoms with Crippen LogP contribution in [0.5, 0.6) is 0 Å². The highest BCUT2D eigenvalue weighted by Gasteiger charge is 2.37. The van der Waals surface area contributed by atoms with Crippen molar-refractivity contribution in [1.29, 1.82) is 0 Å². The van der Waals surface area contributed by atoms with Gasteiger partial charge in [-0.1, -0.05) is 39.8 Å². The summed E-state index contributed by atoms with van der Waals surface area (Å²) in [6.45, 7) is 15.6. The van der Waals surface area contributed by atoms with E-state index < -0.39 is 6.10 Å². The first-order valence-electron chi connectivity index (χ1n) is 11.7. The predicted molar refractivity (Wildman–Crippen MR) is 126 cm³/mol. The van der Waals surface area contributed by atoms with Gasteiger partial charge >= 0.3 is 5.97 Å². The Hall–Kier alpha value is -2.24. The molecule has 0 aliphatic heterocycles.